The van der Waals surface area contributed by atoms with Crippen molar-refractivity contribution in [3.05, 3.63) is 59.7 Å². The highest BCUT2D eigenvalue weighted by atomic mass is 19.4. The minimum atomic E-state index is -4.38. The fraction of sp³-hybridized carbons (Fsp3) is 0.235. The standard InChI is InChI=1S/C17H16F3NO2/c1-2-23-15-6-4-3-5-14(15)21-16(22)11-12-7-9-13(10-8-12)17(18,19)20/h3-10H,2,11H2,1H3,(H,21,22). The number of halogens is 3. The molecule has 1 amide bonds. The van der Waals surface area contributed by atoms with Gasteiger partial charge in [-0.05, 0) is 36.8 Å². The van der Waals surface area contributed by atoms with E-state index in [0.717, 1.165) is 12.1 Å². The molecule has 0 aliphatic rings. The molecule has 0 atom stereocenters. The number of ether oxygens (including phenoxy) is 1. The molecule has 1 N–H and O–H groups in total. The smallest absolute Gasteiger partial charge is 0.416 e. The topological polar surface area (TPSA) is 38.3 Å². The van der Waals surface area contributed by atoms with E-state index in [-0.39, 0.29) is 12.3 Å². The van der Waals surface area contributed by atoms with Crippen LogP contribution in [0.3, 0.4) is 0 Å². The predicted octanol–water partition coefficient (Wildman–Crippen LogP) is 4.29. The molecule has 0 saturated heterocycles. The average Bonchev–Trinajstić information content (AvgIpc) is 2.49. The molecule has 0 aliphatic heterocycles. The van der Waals surface area contributed by atoms with E-state index in [1.807, 2.05) is 6.92 Å². The second-order valence-corrected chi connectivity index (χ2v) is 4.85. The third-order valence-electron chi connectivity index (χ3n) is 3.11. The van der Waals surface area contributed by atoms with Crippen molar-refractivity contribution in [3.63, 3.8) is 0 Å². The number of carbonyl (C=O) groups is 1. The van der Waals surface area contributed by atoms with E-state index in [1.54, 1.807) is 24.3 Å². The maximum atomic E-state index is 12.5. The van der Waals surface area contributed by atoms with E-state index < -0.39 is 11.7 Å². The lowest BCUT2D eigenvalue weighted by Crippen LogP contribution is -2.15. The lowest BCUT2D eigenvalue weighted by molar-refractivity contribution is -0.137. The van der Waals surface area contributed by atoms with E-state index in [0.29, 0.717) is 23.6 Å². The highest BCUT2D eigenvalue weighted by molar-refractivity contribution is 5.93. The van der Waals surface area contributed by atoms with Gasteiger partial charge in [-0.3, -0.25) is 4.79 Å². The molecule has 0 spiro atoms. The molecule has 0 radical (unpaired) electrons. The molecule has 0 heterocycles. The van der Waals surface area contributed by atoms with Gasteiger partial charge in [0.1, 0.15) is 5.75 Å². The van der Waals surface area contributed by atoms with Crippen LogP contribution in [-0.4, -0.2) is 12.5 Å². The summed E-state index contributed by atoms with van der Waals surface area (Å²) in [5.74, 6) is 0.229. The van der Waals surface area contributed by atoms with Crippen LogP contribution in [0, 0.1) is 0 Å². The molecule has 0 fully saturated rings. The molecule has 23 heavy (non-hydrogen) atoms. The number of anilines is 1. The van der Waals surface area contributed by atoms with E-state index >= 15 is 0 Å². The van der Waals surface area contributed by atoms with Gasteiger partial charge in [-0.25, -0.2) is 0 Å². The number of para-hydroxylation sites is 2. The van der Waals surface area contributed by atoms with Crippen molar-refractivity contribution in [2.45, 2.75) is 19.5 Å². The summed E-state index contributed by atoms with van der Waals surface area (Å²) in [6, 6.07) is 11.5. The number of alkyl halides is 3. The first-order chi connectivity index (χ1) is 10.9. The zero-order valence-electron chi connectivity index (χ0n) is 12.5. The van der Waals surface area contributed by atoms with Gasteiger partial charge < -0.3 is 10.1 Å². The Hall–Kier alpha value is -2.50. The van der Waals surface area contributed by atoms with Crippen LogP contribution >= 0.6 is 0 Å². The van der Waals surface area contributed by atoms with Crippen molar-refractivity contribution in [3.8, 4) is 5.75 Å². The molecule has 3 nitrogen and oxygen atoms in total. The van der Waals surface area contributed by atoms with Crippen LogP contribution in [0.2, 0.25) is 0 Å². The fourth-order valence-corrected chi connectivity index (χ4v) is 2.04. The fourth-order valence-electron chi connectivity index (χ4n) is 2.04. The third-order valence-corrected chi connectivity index (χ3v) is 3.11. The zero-order valence-corrected chi connectivity index (χ0v) is 12.5. The Balaban J connectivity index is 2.03. The minimum absolute atomic E-state index is 0.0153. The lowest BCUT2D eigenvalue weighted by Gasteiger charge is -2.11. The number of rotatable bonds is 5. The van der Waals surface area contributed by atoms with Gasteiger partial charge in [-0.2, -0.15) is 13.2 Å². The quantitative estimate of drug-likeness (QED) is 0.891. The van der Waals surface area contributed by atoms with E-state index in [2.05, 4.69) is 5.32 Å². The molecule has 2 rings (SSSR count). The Morgan fingerprint density at radius 2 is 1.74 bits per heavy atom. The summed E-state index contributed by atoms with van der Waals surface area (Å²) in [6.45, 7) is 2.30. The Bertz CT molecular complexity index is 666. The number of hydrogen-bond donors (Lipinski definition) is 1. The molecule has 0 aliphatic carbocycles. The normalized spacial score (nSPS) is 11.1. The van der Waals surface area contributed by atoms with Crippen LogP contribution < -0.4 is 10.1 Å². The monoisotopic (exact) mass is 323 g/mol. The Morgan fingerprint density at radius 1 is 1.09 bits per heavy atom. The van der Waals surface area contributed by atoms with Gasteiger partial charge in [0.25, 0.3) is 0 Å². The highest BCUT2D eigenvalue weighted by Gasteiger charge is 2.29. The first kappa shape index (κ1) is 16.9. The van der Waals surface area contributed by atoms with Crippen LogP contribution in [0.1, 0.15) is 18.1 Å². The predicted molar refractivity (Wildman–Crippen MR) is 81.4 cm³/mol. The van der Waals surface area contributed by atoms with Crippen molar-refractivity contribution in [1.82, 2.24) is 0 Å². The van der Waals surface area contributed by atoms with Gasteiger partial charge >= 0.3 is 6.18 Å². The molecule has 0 saturated carbocycles. The van der Waals surface area contributed by atoms with Crippen LogP contribution in [0.15, 0.2) is 48.5 Å². The van der Waals surface area contributed by atoms with Crippen LogP contribution in [0.25, 0.3) is 0 Å². The average molecular weight is 323 g/mol. The molecule has 2 aromatic carbocycles. The van der Waals surface area contributed by atoms with Crippen molar-refractivity contribution >= 4 is 11.6 Å². The zero-order chi connectivity index (χ0) is 16.9. The van der Waals surface area contributed by atoms with Crippen LogP contribution in [0.4, 0.5) is 18.9 Å². The van der Waals surface area contributed by atoms with Gasteiger partial charge in [-0.15, -0.1) is 0 Å². The first-order valence-electron chi connectivity index (χ1n) is 7.08. The minimum Gasteiger partial charge on any atom is -0.492 e. The van der Waals surface area contributed by atoms with Gasteiger partial charge in [-0.1, -0.05) is 24.3 Å². The van der Waals surface area contributed by atoms with Gasteiger partial charge in [0.2, 0.25) is 5.91 Å². The van der Waals surface area contributed by atoms with Gasteiger partial charge in [0, 0.05) is 0 Å². The van der Waals surface area contributed by atoms with Gasteiger partial charge in [0.05, 0.1) is 24.3 Å². The lowest BCUT2D eigenvalue weighted by atomic mass is 10.1. The summed E-state index contributed by atoms with van der Waals surface area (Å²) in [5.41, 5.74) is 0.305. The largest absolute Gasteiger partial charge is 0.492 e. The Morgan fingerprint density at radius 3 is 2.35 bits per heavy atom. The number of carbonyl (C=O) groups excluding carboxylic acids is 1. The Labute approximate surface area is 132 Å². The first-order valence-corrected chi connectivity index (χ1v) is 7.08. The third kappa shape index (κ3) is 4.74. The summed E-state index contributed by atoms with van der Waals surface area (Å²) >= 11 is 0. The molecule has 6 heteroatoms. The number of nitrogens with one attached hydrogen (secondary N) is 1. The summed E-state index contributed by atoms with van der Waals surface area (Å²) in [7, 11) is 0. The van der Waals surface area contributed by atoms with Gasteiger partial charge in [0.15, 0.2) is 0 Å². The van der Waals surface area contributed by atoms with Crippen molar-refractivity contribution in [1.29, 1.82) is 0 Å². The molecule has 0 bridgehead atoms. The van der Waals surface area contributed by atoms with Crippen molar-refractivity contribution < 1.29 is 22.7 Å². The summed E-state index contributed by atoms with van der Waals surface area (Å²) in [4.78, 5) is 12.0. The maximum absolute atomic E-state index is 12.5. The summed E-state index contributed by atoms with van der Waals surface area (Å²) in [6.07, 6.45) is -4.39. The van der Waals surface area contributed by atoms with Crippen molar-refractivity contribution in [2.75, 3.05) is 11.9 Å². The van der Waals surface area contributed by atoms with Crippen molar-refractivity contribution in [2.24, 2.45) is 0 Å². The van der Waals surface area contributed by atoms with Crippen LogP contribution in [0.5, 0.6) is 5.75 Å². The maximum Gasteiger partial charge on any atom is 0.416 e. The second kappa shape index (κ2) is 7.17. The van der Waals surface area contributed by atoms with E-state index in [9.17, 15) is 18.0 Å². The molecular formula is C17H16F3NO2. The molecule has 122 valence electrons. The van der Waals surface area contributed by atoms with E-state index in [1.165, 1.54) is 12.1 Å². The molecule has 0 aromatic heterocycles. The summed E-state index contributed by atoms with van der Waals surface area (Å²) in [5, 5.41) is 2.70. The Kier molecular flexibility index (Phi) is 5.26. The van der Waals surface area contributed by atoms with Crippen LogP contribution in [-0.2, 0) is 17.4 Å². The second-order valence-electron chi connectivity index (χ2n) is 4.85. The molecule has 2 aromatic rings. The SMILES string of the molecule is CCOc1ccccc1NC(=O)Cc1ccc(C(F)(F)F)cc1. The molecular weight excluding hydrogens is 307 g/mol. The molecule has 0 unspecified atom stereocenters. The highest BCUT2D eigenvalue weighted by Crippen LogP contribution is 2.29. The summed E-state index contributed by atoms with van der Waals surface area (Å²) < 4.78 is 42.9. The number of benzene rings is 2. The number of hydrogen-bond acceptors (Lipinski definition) is 2. The number of amides is 1. The van der Waals surface area contributed by atoms with E-state index in [4.69, 9.17) is 4.74 Å².